The summed E-state index contributed by atoms with van der Waals surface area (Å²) in [5.74, 6) is 0.748. The van der Waals surface area contributed by atoms with E-state index in [1.54, 1.807) is 11.3 Å². The second-order valence-electron chi connectivity index (χ2n) is 8.48. The van der Waals surface area contributed by atoms with Crippen molar-refractivity contribution in [2.45, 2.75) is 26.3 Å². The summed E-state index contributed by atoms with van der Waals surface area (Å²) >= 11 is 1.57. The van der Waals surface area contributed by atoms with Crippen LogP contribution in [0.3, 0.4) is 0 Å². The lowest BCUT2D eigenvalue weighted by atomic mass is 10.1. The second kappa shape index (κ2) is 9.23. The Morgan fingerprint density at radius 2 is 1.65 bits per heavy atom. The normalized spacial score (nSPS) is 12.1. The number of nitrogens with zero attached hydrogens (tertiary/aromatic N) is 3. The summed E-state index contributed by atoms with van der Waals surface area (Å²) < 4.78 is 2.06. The van der Waals surface area contributed by atoms with E-state index in [9.17, 15) is 4.79 Å². The van der Waals surface area contributed by atoms with Crippen LogP contribution < -0.4 is 5.32 Å². The van der Waals surface area contributed by atoms with E-state index in [-0.39, 0.29) is 18.4 Å². The fraction of sp³-hybridized carbons (Fsp3) is 0.179. The monoisotopic (exact) mass is 466 g/mol. The first-order valence-corrected chi connectivity index (χ1v) is 12.1. The van der Waals surface area contributed by atoms with Crippen LogP contribution in [0, 0.1) is 13.8 Å². The van der Waals surface area contributed by atoms with Crippen molar-refractivity contribution < 1.29 is 4.79 Å². The Morgan fingerprint density at radius 1 is 0.941 bits per heavy atom. The van der Waals surface area contributed by atoms with Crippen molar-refractivity contribution in [3.05, 3.63) is 106 Å². The van der Waals surface area contributed by atoms with Crippen LogP contribution in [-0.2, 0) is 18.3 Å². The van der Waals surface area contributed by atoms with Crippen molar-refractivity contribution in [3.63, 3.8) is 0 Å². The van der Waals surface area contributed by atoms with Gasteiger partial charge in [-0.05, 0) is 31.5 Å². The molecule has 1 atom stereocenters. The van der Waals surface area contributed by atoms with Crippen LogP contribution in [0.15, 0.2) is 78.9 Å². The third-order valence-corrected chi connectivity index (χ3v) is 6.94. The summed E-state index contributed by atoms with van der Waals surface area (Å²) in [6, 6.07) is 26.0. The number of benzene rings is 3. The number of aromatic nitrogens is 3. The van der Waals surface area contributed by atoms with Crippen molar-refractivity contribution in [2.75, 3.05) is 0 Å². The average Bonchev–Trinajstić information content (AvgIpc) is 3.38. The van der Waals surface area contributed by atoms with Gasteiger partial charge in [-0.1, -0.05) is 72.3 Å². The highest BCUT2D eigenvalue weighted by molar-refractivity contribution is 7.12. The van der Waals surface area contributed by atoms with Gasteiger partial charge in [0.1, 0.15) is 11.9 Å². The minimum Gasteiger partial charge on any atom is -0.342 e. The molecule has 0 saturated carbocycles. The summed E-state index contributed by atoms with van der Waals surface area (Å²) in [7, 11) is 1.99. The molecule has 0 radical (unpaired) electrons. The summed E-state index contributed by atoms with van der Waals surface area (Å²) in [5, 5.41) is 4.21. The zero-order valence-corrected chi connectivity index (χ0v) is 20.3. The van der Waals surface area contributed by atoms with Gasteiger partial charge >= 0.3 is 0 Å². The minimum absolute atomic E-state index is 0.0575. The van der Waals surface area contributed by atoms with Crippen LogP contribution in [0.1, 0.15) is 32.9 Å². The molecule has 5 rings (SSSR count). The van der Waals surface area contributed by atoms with Crippen LogP contribution in [0.5, 0.6) is 0 Å². The minimum atomic E-state index is -0.358. The Morgan fingerprint density at radius 3 is 2.38 bits per heavy atom. The molecule has 0 bridgehead atoms. The van der Waals surface area contributed by atoms with Gasteiger partial charge in [-0.2, -0.15) is 0 Å². The molecule has 2 aromatic heterocycles. The number of nitrogens with one attached hydrogen (secondary N) is 1. The van der Waals surface area contributed by atoms with Crippen molar-refractivity contribution in [2.24, 2.45) is 7.05 Å². The van der Waals surface area contributed by atoms with Gasteiger partial charge in [0, 0.05) is 17.5 Å². The number of rotatable bonds is 6. The van der Waals surface area contributed by atoms with E-state index >= 15 is 0 Å². The van der Waals surface area contributed by atoms with Gasteiger partial charge in [-0.15, -0.1) is 11.3 Å². The smallest absolute Gasteiger partial charge is 0.226 e. The molecule has 1 unspecified atom stereocenters. The number of amides is 1. The largest absolute Gasteiger partial charge is 0.342 e. The highest BCUT2D eigenvalue weighted by atomic mass is 32.1. The molecule has 0 spiro atoms. The molecular formula is C28H26N4OS. The highest BCUT2D eigenvalue weighted by Crippen LogP contribution is 2.30. The molecule has 1 amide bonds. The van der Waals surface area contributed by atoms with Crippen molar-refractivity contribution in [1.29, 1.82) is 0 Å². The summed E-state index contributed by atoms with van der Waals surface area (Å²) in [6.45, 7) is 4.05. The number of hydrogen-bond acceptors (Lipinski definition) is 4. The van der Waals surface area contributed by atoms with E-state index in [0.29, 0.717) is 0 Å². The molecule has 0 saturated heterocycles. The number of para-hydroxylation sites is 2. The van der Waals surface area contributed by atoms with E-state index in [0.717, 1.165) is 43.6 Å². The van der Waals surface area contributed by atoms with Crippen LogP contribution in [0.25, 0.3) is 22.3 Å². The summed E-state index contributed by atoms with van der Waals surface area (Å²) in [5.41, 5.74) is 6.06. The molecular weight excluding hydrogens is 440 g/mol. The molecule has 2 heterocycles. The SMILES string of the molecule is Cc1ccc(-c2nc(C)sc2CC(=O)NC(c2ccccc2)c2nc3ccccc3n2C)cc1. The fourth-order valence-corrected chi connectivity index (χ4v) is 5.21. The van der Waals surface area contributed by atoms with Gasteiger partial charge in [0.15, 0.2) is 0 Å². The number of carbonyl (C=O) groups excluding carboxylic acids is 1. The third-order valence-electron chi connectivity index (χ3n) is 5.97. The highest BCUT2D eigenvalue weighted by Gasteiger charge is 2.24. The van der Waals surface area contributed by atoms with E-state index in [4.69, 9.17) is 9.97 Å². The van der Waals surface area contributed by atoms with Crippen LogP contribution in [0.2, 0.25) is 0 Å². The standard InChI is InChI=1S/C28H26N4OS/c1-18-13-15-21(16-14-18)26-24(34-19(2)29-26)17-25(33)31-27(20-9-5-4-6-10-20)28-30-22-11-7-8-12-23(22)32(28)3/h4-16,27H,17H2,1-3H3,(H,31,33). The molecule has 5 nitrogen and oxygen atoms in total. The van der Waals surface area contributed by atoms with Gasteiger partial charge in [0.25, 0.3) is 0 Å². The first-order chi connectivity index (χ1) is 16.5. The van der Waals surface area contributed by atoms with Gasteiger partial charge in [0.05, 0.1) is 28.2 Å². The first kappa shape index (κ1) is 22.0. The lowest BCUT2D eigenvalue weighted by Gasteiger charge is -2.19. The van der Waals surface area contributed by atoms with Crippen molar-refractivity contribution in [1.82, 2.24) is 19.9 Å². The molecule has 3 aromatic carbocycles. The topological polar surface area (TPSA) is 59.8 Å². The zero-order valence-electron chi connectivity index (χ0n) is 19.4. The maximum absolute atomic E-state index is 13.4. The fourth-order valence-electron chi connectivity index (χ4n) is 4.25. The Hall–Kier alpha value is -3.77. The first-order valence-electron chi connectivity index (χ1n) is 11.3. The maximum atomic E-state index is 13.4. The maximum Gasteiger partial charge on any atom is 0.226 e. The Labute approximate surface area is 203 Å². The number of thiazole rings is 1. The van der Waals surface area contributed by atoms with Gasteiger partial charge in [0.2, 0.25) is 5.91 Å². The lowest BCUT2D eigenvalue weighted by molar-refractivity contribution is -0.120. The molecule has 6 heteroatoms. The second-order valence-corrected chi connectivity index (χ2v) is 9.76. The van der Waals surface area contributed by atoms with Crippen molar-refractivity contribution >= 4 is 28.3 Å². The van der Waals surface area contributed by atoms with Gasteiger partial charge in [-0.25, -0.2) is 9.97 Å². The summed E-state index contributed by atoms with van der Waals surface area (Å²) in [4.78, 5) is 23.9. The lowest BCUT2D eigenvalue weighted by Crippen LogP contribution is -2.32. The van der Waals surface area contributed by atoms with E-state index in [2.05, 4.69) is 41.1 Å². The van der Waals surface area contributed by atoms with Crippen LogP contribution in [-0.4, -0.2) is 20.4 Å². The Bertz CT molecular complexity index is 1450. The van der Waals surface area contributed by atoms with Crippen LogP contribution in [0.4, 0.5) is 0 Å². The zero-order chi connectivity index (χ0) is 23.7. The Balaban J connectivity index is 1.47. The number of imidazole rings is 1. The molecule has 170 valence electrons. The quantitative estimate of drug-likeness (QED) is 0.346. The Kier molecular flexibility index (Phi) is 5.99. The number of carbonyl (C=O) groups is 1. The molecule has 0 fully saturated rings. The number of fused-ring (bicyclic) bond motifs is 1. The molecule has 0 aliphatic carbocycles. The molecule has 0 aliphatic rings. The predicted molar refractivity (Wildman–Crippen MR) is 138 cm³/mol. The van der Waals surface area contributed by atoms with E-state index in [1.165, 1.54) is 5.56 Å². The van der Waals surface area contributed by atoms with Gasteiger partial charge in [-0.3, -0.25) is 4.79 Å². The molecule has 5 aromatic rings. The third kappa shape index (κ3) is 4.37. The summed E-state index contributed by atoms with van der Waals surface area (Å²) in [6.07, 6.45) is 0.266. The molecule has 0 aliphatic heterocycles. The predicted octanol–water partition coefficient (Wildman–Crippen LogP) is 5.76. The molecule has 1 N–H and O–H groups in total. The van der Waals surface area contributed by atoms with Gasteiger partial charge < -0.3 is 9.88 Å². The number of aryl methyl sites for hydroxylation is 3. The van der Waals surface area contributed by atoms with E-state index in [1.807, 2.05) is 68.6 Å². The van der Waals surface area contributed by atoms with Crippen molar-refractivity contribution in [3.8, 4) is 11.3 Å². The number of hydrogen-bond donors (Lipinski definition) is 1. The van der Waals surface area contributed by atoms with Crippen LogP contribution >= 0.6 is 11.3 Å². The molecule has 34 heavy (non-hydrogen) atoms. The van der Waals surface area contributed by atoms with E-state index < -0.39 is 0 Å². The average molecular weight is 467 g/mol.